The molecular weight excluding hydrogens is 185 g/mol. The first-order valence-corrected chi connectivity index (χ1v) is 4.17. The average molecular weight is 195 g/mol. The van der Waals surface area contributed by atoms with Gasteiger partial charge >= 0.3 is 0 Å². The molecule has 0 aliphatic heterocycles. The highest BCUT2D eigenvalue weighted by molar-refractivity contribution is 6.04. The second kappa shape index (κ2) is 5.11. The summed E-state index contributed by atoms with van der Waals surface area (Å²) in [7, 11) is 0. The molecule has 1 aromatic rings. The van der Waals surface area contributed by atoms with Gasteiger partial charge in [0.15, 0.2) is 5.78 Å². The zero-order valence-electron chi connectivity index (χ0n) is 7.74. The number of ketones is 1. The quantitative estimate of drug-likeness (QED) is 0.418. The van der Waals surface area contributed by atoms with Crippen molar-refractivity contribution in [2.24, 2.45) is 0 Å². The Morgan fingerprint density at radius 3 is 3.07 bits per heavy atom. The zero-order chi connectivity index (χ0) is 10.4. The Bertz CT molecular complexity index is 350. The Labute approximate surface area is 81.2 Å². The van der Waals surface area contributed by atoms with Gasteiger partial charge in [0, 0.05) is 17.8 Å². The molecule has 0 radical (unpaired) electrons. The van der Waals surface area contributed by atoms with E-state index in [0.29, 0.717) is 6.61 Å². The third kappa shape index (κ3) is 2.97. The molecule has 1 aromatic heterocycles. The Morgan fingerprint density at radius 2 is 2.43 bits per heavy atom. The molecule has 4 heteroatoms. The van der Waals surface area contributed by atoms with Crippen molar-refractivity contribution < 1.29 is 13.9 Å². The van der Waals surface area contributed by atoms with Crippen LogP contribution in [0.5, 0.6) is 0 Å². The van der Waals surface area contributed by atoms with E-state index in [-0.39, 0.29) is 11.3 Å². The number of halogens is 1. The van der Waals surface area contributed by atoms with Crippen LogP contribution in [0.1, 0.15) is 17.3 Å². The van der Waals surface area contributed by atoms with Crippen LogP contribution in [0.15, 0.2) is 30.8 Å². The minimum absolute atomic E-state index is 0.209. The number of hydrogen-bond acceptors (Lipinski definition) is 3. The summed E-state index contributed by atoms with van der Waals surface area (Å²) in [5, 5.41) is 0. The van der Waals surface area contributed by atoms with Crippen molar-refractivity contribution in [2.45, 2.75) is 6.92 Å². The smallest absolute Gasteiger partial charge is 0.190 e. The first-order valence-electron chi connectivity index (χ1n) is 4.17. The molecule has 0 fully saturated rings. The zero-order valence-corrected chi connectivity index (χ0v) is 7.74. The normalized spacial score (nSPS) is 10.4. The summed E-state index contributed by atoms with van der Waals surface area (Å²) in [6.45, 7) is 2.30. The minimum atomic E-state index is -0.527. The second-order valence-electron chi connectivity index (χ2n) is 2.51. The van der Waals surface area contributed by atoms with E-state index in [0.717, 1.165) is 12.3 Å². The van der Waals surface area contributed by atoms with Gasteiger partial charge in [-0.25, -0.2) is 4.39 Å². The van der Waals surface area contributed by atoms with Gasteiger partial charge in [0.05, 0.1) is 19.1 Å². The maximum atomic E-state index is 12.6. The summed E-state index contributed by atoms with van der Waals surface area (Å²) in [6.07, 6.45) is 4.87. The van der Waals surface area contributed by atoms with E-state index in [1.165, 1.54) is 18.5 Å². The Morgan fingerprint density at radius 1 is 1.64 bits per heavy atom. The molecule has 0 aliphatic rings. The lowest BCUT2D eigenvalue weighted by Crippen LogP contribution is -1.96. The first kappa shape index (κ1) is 10.4. The molecule has 0 aromatic carbocycles. The molecule has 14 heavy (non-hydrogen) atoms. The summed E-state index contributed by atoms with van der Waals surface area (Å²) in [5.41, 5.74) is 0.209. The molecule has 0 spiro atoms. The minimum Gasteiger partial charge on any atom is -0.501 e. The number of rotatable bonds is 4. The number of hydrogen-bond donors (Lipinski definition) is 0. The molecule has 0 N–H and O–H groups in total. The van der Waals surface area contributed by atoms with E-state index in [4.69, 9.17) is 4.74 Å². The fraction of sp³-hybridized carbons (Fsp3) is 0.200. The predicted octanol–water partition coefficient (Wildman–Crippen LogP) is 1.95. The summed E-state index contributed by atoms with van der Waals surface area (Å²) in [6, 6.07) is 1.13. The van der Waals surface area contributed by atoms with Gasteiger partial charge in [0.2, 0.25) is 0 Å². The summed E-state index contributed by atoms with van der Waals surface area (Å²) in [5.74, 6) is -0.855. The lowest BCUT2D eigenvalue weighted by atomic mass is 10.2. The molecular formula is C10H10FNO2. The molecule has 0 saturated heterocycles. The van der Waals surface area contributed by atoms with Gasteiger partial charge in [-0.05, 0) is 13.0 Å². The van der Waals surface area contributed by atoms with Gasteiger partial charge < -0.3 is 4.74 Å². The molecule has 1 rings (SSSR count). The van der Waals surface area contributed by atoms with Gasteiger partial charge in [-0.1, -0.05) is 0 Å². The number of ether oxygens (including phenoxy) is 1. The van der Waals surface area contributed by atoms with E-state index >= 15 is 0 Å². The van der Waals surface area contributed by atoms with Crippen LogP contribution < -0.4 is 0 Å². The topological polar surface area (TPSA) is 39.2 Å². The van der Waals surface area contributed by atoms with Crippen molar-refractivity contribution in [3.63, 3.8) is 0 Å². The highest BCUT2D eigenvalue weighted by atomic mass is 19.1. The van der Waals surface area contributed by atoms with Crippen LogP contribution in [0.4, 0.5) is 4.39 Å². The molecule has 3 nitrogen and oxygen atoms in total. The maximum absolute atomic E-state index is 12.6. The highest BCUT2D eigenvalue weighted by Crippen LogP contribution is 2.02. The summed E-state index contributed by atoms with van der Waals surface area (Å²) >= 11 is 0. The van der Waals surface area contributed by atoms with Crippen LogP contribution in [0.3, 0.4) is 0 Å². The standard InChI is InChI=1S/C10H10FNO2/c1-2-14-4-3-10(13)8-5-9(11)7-12-6-8/h3-7H,2H2,1H3/b4-3+. The monoisotopic (exact) mass is 195 g/mol. The van der Waals surface area contributed by atoms with Crippen molar-refractivity contribution in [1.82, 2.24) is 4.98 Å². The molecule has 0 bridgehead atoms. The number of nitrogens with zero attached hydrogens (tertiary/aromatic N) is 1. The van der Waals surface area contributed by atoms with Gasteiger partial charge in [0.1, 0.15) is 5.82 Å². The number of carbonyl (C=O) groups excluding carboxylic acids is 1. The van der Waals surface area contributed by atoms with Gasteiger partial charge in [-0.3, -0.25) is 9.78 Å². The second-order valence-corrected chi connectivity index (χ2v) is 2.51. The van der Waals surface area contributed by atoms with Crippen LogP contribution in [0.2, 0.25) is 0 Å². The molecule has 1 heterocycles. The van der Waals surface area contributed by atoms with E-state index < -0.39 is 5.82 Å². The van der Waals surface area contributed by atoms with Crippen molar-refractivity contribution in [3.05, 3.63) is 42.2 Å². The van der Waals surface area contributed by atoms with Crippen LogP contribution in [0.25, 0.3) is 0 Å². The number of aromatic nitrogens is 1. The third-order valence-electron chi connectivity index (χ3n) is 1.47. The van der Waals surface area contributed by atoms with E-state index in [9.17, 15) is 9.18 Å². The van der Waals surface area contributed by atoms with Crippen LogP contribution in [-0.4, -0.2) is 17.4 Å². The Balaban J connectivity index is 2.70. The van der Waals surface area contributed by atoms with Crippen molar-refractivity contribution in [1.29, 1.82) is 0 Å². The first-order chi connectivity index (χ1) is 6.74. The van der Waals surface area contributed by atoms with Crippen molar-refractivity contribution in [3.8, 4) is 0 Å². The van der Waals surface area contributed by atoms with Crippen LogP contribution in [-0.2, 0) is 4.74 Å². The lowest BCUT2D eigenvalue weighted by molar-refractivity contribution is 0.104. The predicted molar refractivity (Wildman–Crippen MR) is 49.3 cm³/mol. The molecule has 0 amide bonds. The molecule has 0 saturated carbocycles. The Kier molecular flexibility index (Phi) is 3.79. The van der Waals surface area contributed by atoms with Crippen LogP contribution >= 0.6 is 0 Å². The number of pyridine rings is 1. The number of allylic oxidation sites excluding steroid dienone is 1. The molecule has 0 aliphatic carbocycles. The van der Waals surface area contributed by atoms with Gasteiger partial charge in [0.25, 0.3) is 0 Å². The van der Waals surface area contributed by atoms with E-state index in [1.54, 1.807) is 6.92 Å². The molecule has 74 valence electrons. The third-order valence-corrected chi connectivity index (χ3v) is 1.47. The lowest BCUT2D eigenvalue weighted by Gasteiger charge is -1.95. The SMILES string of the molecule is CCO/C=C/C(=O)c1cncc(F)c1. The van der Waals surface area contributed by atoms with Gasteiger partial charge in [-0.15, -0.1) is 0 Å². The van der Waals surface area contributed by atoms with Crippen molar-refractivity contribution in [2.75, 3.05) is 6.61 Å². The summed E-state index contributed by atoms with van der Waals surface area (Å²) < 4.78 is 17.5. The summed E-state index contributed by atoms with van der Waals surface area (Å²) in [4.78, 5) is 14.9. The maximum Gasteiger partial charge on any atom is 0.190 e. The van der Waals surface area contributed by atoms with E-state index in [1.807, 2.05) is 0 Å². The van der Waals surface area contributed by atoms with E-state index in [2.05, 4.69) is 4.98 Å². The fourth-order valence-electron chi connectivity index (χ4n) is 0.849. The highest BCUT2D eigenvalue weighted by Gasteiger charge is 2.02. The van der Waals surface area contributed by atoms with Crippen LogP contribution in [0, 0.1) is 5.82 Å². The molecule has 0 unspecified atom stereocenters. The van der Waals surface area contributed by atoms with Crippen molar-refractivity contribution >= 4 is 5.78 Å². The van der Waals surface area contributed by atoms with Gasteiger partial charge in [-0.2, -0.15) is 0 Å². The number of carbonyl (C=O) groups is 1. The Hall–Kier alpha value is -1.71. The largest absolute Gasteiger partial charge is 0.501 e. The molecule has 0 atom stereocenters. The average Bonchev–Trinajstić information content (AvgIpc) is 2.18. The fourth-order valence-corrected chi connectivity index (χ4v) is 0.849.